The van der Waals surface area contributed by atoms with E-state index in [2.05, 4.69) is 29.7 Å². The number of hydrogen-bond acceptors (Lipinski definition) is 3. The number of benzene rings is 2. The van der Waals surface area contributed by atoms with Crippen molar-refractivity contribution in [1.82, 2.24) is 10.2 Å². The van der Waals surface area contributed by atoms with Crippen LogP contribution in [0.1, 0.15) is 44.2 Å². The Bertz CT molecular complexity index is 823. The van der Waals surface area contributed by atoms with Crippen molar-refractivity contribution < 1.29 is 14.3 Å². The van der Waals surface area contributed by atoms with E-state index in [-0.39, 0.29) is 23.9 Å². The number of carbonyl (C=O) groups excluding carboxylic acids is 2. The summed E-state index contributed by atoms with van der Waals surface area (Å²) in [5, 5.41) is 5.99. The van der Waals surface area contributed by atoms with E-state index in [9.17, 15) is 9.59 Å². The minimum absolute atomic E-state index is 0.0159. The van der Waals surface area contributed by atoms with Gasteiger partial charge in [0.1, 0.15) is 5.75 Å². The van der Waals surface area contributed by atoms with Crippen molar-refractivity contribution in [2.75, 3.05) is 25.5 Å². The molecule has 0 spiro atoms. The van der Waals surface area contributed by atoms with Crippen molar-refractivity contribution >= 4 is 17.6 Å². The van der Waals surface area contributed by atoms with Crippen LogP contribution in [0.25, 0.3) is 0 Å². The van der Waals surface area contributed by atoms with Crippen LogP contribution < -0.4 is 15.4 Å². The Hall–Kier alpha value is -3.02. The Balaban J connectivity index is 1.70. The summed E-state index contributed by atoms with van der Waals surface area (Å²) in [4.78, 5) is 27.6. The summed E-state index contributed by atoms with van der Waals surface area (Å²) in [6.45, 7) is 3.15. The monoisotopic (exact) mass is 409 g/mol. The molecule has 1 aliphatic rings. The van der Waals surface area contributed by atoms with E-state index < -0.39 is 0 Å². The lowest BCUT2D eigenvalue weighted by Crippen LogP contribution is -2.49. The van der Waals surface area contributed by atoms with Crippen molar-refractivity contribution in [3.05, 3.63) is 60.2 Å². The molecule has 1 heterocycles. The average Bonchev–Trinajstić information content (AvgIpc) is 2.80. The molecule has 1 fully saturated rings. The first-order valence-electron chi connectivity index (χ1n) is 10.7. The summed E-state index contributed by atoms with van der Waals surface area (Å²) in [6.07, 6.45) is 3.46. The van der Waals surface area contributed by atoms with Crippen LogP contribution in [0.15, 0.2) is 54.6 Å². The molecule has 2 N–H and O–H groups in total. The summed E-state index contributed by atoms with van der Waals surface area (Å²) >= 11 is 0. The number of nitrogens with one attached hydrogen (secondary N) is 2. The van der Waals surface area contributed by atoms with Crippen LogP contribution in [-0.4, -0.2) is 37.0 Å². The number of likely N-dealkylation sites (tertiary alicyclic amines) is 1. The van der Waals surface area contributed by atoms with Crippen LogP contribution in [0.2, 0.25) is 0 Å². The minimum Gasteiger partial charge on any atom is -0.497 e. The van der Waals surface area contributed by atoms with E-state index >= 15 is 0 Å². The lowest BCUT2D eigenvalue weighted by Gasteiger charge is -2.39. The summed E-state index contributed by atoms with van der Waals surface area (Å²) in [5.74, 6) is 0.438. The maximum atomic E-state index is 12.9. The van der Waals surface area contributed by atoms with E-state index in [4.69, 9.17) is 4.74 Å². The molecule has 6 heteroatoms. The quantitative estimate of drug-likeness (QED) is 0.657. The van der Waals surface area contributed by atoms with E-state index in [1.54, 1.807) is 7.11 Å². The molecule has 160 valence electrons. The highest BCUT2D eigenvalue weighted by molar-refractivity contribution is 5.93. The zero-order valence-corrected chi connectivity index (χ0v) is 17.8. The molecule has 2 atom stereocenters. The standard InChI is InChI=1S/C24H31N3O3/c1-3-4-16-25-24(29)27-17-19(10-15-22(27)18-8-6-5-7-9-18)23(28)26-20-11-13-21(30-2)14-12-20/h5-9,11-14,19,22H,3-4,10,15-17H2,1-2H3,(H,25,29)(H,26,28)/t19-,22+/m1/s1. The predicted octanol–water partition coefficient (Wildman–Crippen LogP) is 4.60. The number of hydrogen-bond donors (Lipinski definition) is 2. The second-order valence-electron chi connectivity index (χ2n) is 7.66. The third kappa shape index (κ3) is 5.53. The van der Waals surface area contributed by atoms with Crippen LogP contribution in [0.3, 0.4) is 0 Å². The van der Waals surface area contributed by atoms with Gasteiger partial charge in [-0.05, 0) is 49.1 Å². The Morgan fingerprint density at radius 2 is 1.80 bits per heavy atom. The Labute approximate surface area is 178 Å². The highest BCUT2D eigenvalue weighted by Crippen LogP contribution is 2.34. The number of rotatable bonds is 7. The SMILES string of the molecule is CCCCNC(=O)N1C[C@H](C(=O)Nc2ccc(OC)cc2)CC[C@H]1c1ccccc1. The van der Waals surface area contributed by atoms with Crippen molar-refractivity contribution in [2.45, 2.75) is 38.6 Å². The number of nitrogens with zero attached hydrogens (tertiary/aromatic N) is 1. The predicted molar refractivity (Wildman–Crippen MR) is 119 cm³/mol. The lowest BCUT2D eigenvalue weighted by atomic mass is 9.88. The molecule has 2 aromatic carbocycles. The molecule has 0 aromatic heterocycles. The molecule has 0 aliphatic carbocycles. The van der Waals surface area contributed by atoms with Gasteiger partial charge in [-0.15, -0.1) is 0 Å². The zero-order chi connectivity index (χ0) is 21.3. The third-order valence-corrected chi connectivity index (χ3v) is 5.56. The molecule has 2 aromatic rings. The second-order valence-corrected chi connectivity index (χ2v) is 7.66. The van der Waals surface area contributed by atoms with Crippen molar-refractivity contribution in [2.24, 2.45) is 5.92 Å². The van der Waals surface area contributed by atoms with Crippen molar-refractivity contribution in [3.8, 4) is 5.75 Å². The largest absolute Gasteiger partial charge is 0.497 e. The molecule has 6 nitrogen and oxygen atoms in total. The number of anilines is 1. The van der Waals surface area contributed by atoms with Crippen LogP contribution >= 0.6 is 0 Å². The van der Waals surface area contributed by atoms with Gasteiger partial charge in [0, 0.05) is 18.8 Å². The zero-order valence-electron chi connectivity index (χ0n) is 17.8. The summed E-state index contributed by atoms with van der Waals surface area (Å²) in [7, 11) is 1.61. The molecule has 1 saturated heterocycles. The van der Waals surface area contributed by atoms with E-state index in [1.165, 1.54) is 0 Å². The fourth-order valence-corrected chi connectivity index (χ4v) is 3.82. The molecule has 30 heavy (non-hydrogen) atoms. The first-order valence-corrected chi connectivity index (χ1v) is 10.7. The van der Waals surface area contributed by atoms with Gasteiger partial charge in [0.2, 0.25) is 5.91 Å². The Morgan fingerprint density at radius 3 is 2.47 bits per heavy atom. The number of carbonyl (C=O) groups is 2. The maximum Gasteiger partial charge on any atom is 0.317 e. The number of urea groups is 1. The highest BCUT2D eigenvalue weighted by atomic mass is 16.5. The first kappa shape index (κ1) is 21.7. The fourth-order valence-electron chi connectivity index (χ4n) is 3.82. The Morgan fingerprint density at radius 1 is 1.07 bits per heavy atom. The van der Waals surface area contributed by atoms with Crippen LogP contribution in [0.4, 0.5) is 10.5 Å². The molecule has 0 saturated carbocycles. The minimum atomic E-state index is -0.246. The number of methoxy groups -OCH3 is 1. The van der Waals surface area contributed by atoms with Crippen LogP contribution in [-0.2, 0) is 4.79 Å². The van der Waals surface area contributed by atoms with Gasteiger partial charge in [0.25, 0.3) is 0 Å². The highest BCUT2D eigenvalue weighted by Gasteiger charge is 2.35. The van der Waals surface area contributed by atoms with Gasteiger partial charge >= 0.3 is 6.03 Å². The number of piperidine rings is 1. The van der Waals surface area contributed by atoms with Gasteiger partial charge < -0.3 is 20.3 Å². The topological polar surface area (TPSA) is 70.7 Å². The number of unbranched alkanes of at least 4 members (excludes halogenated alkanes) is 1. The molecular formula is C24H31N3O3. The molecule has 0 radical (unpaired) electrons. The fraction of sp³-hybridized carbons (Fsp3) is 0.417. The molecule has 0 unspecified atom stereocenters. The molecule has 3 rings (SSSR count). The Kier molecular flexibility index (Phi) is 7.71. The third-order valence-electron chi connectivity index (χ3n) is 5.56. The normalized spacial score (nSPS) is 18.5. The molecule has 1 aliphatic heterocycles. The number of amides is 3. The van der Waals surface area contributed by atoms with Gasteiger partial charge in [-0.1, -0.05) is 43.7 Å². The summed E-state index contributed by atoms with van der Waals surface area (Å²) < 4.78 is 5.16. The molecule has 3 amide bonds. The lowest BCUT2D eigenvalue weighted by molar-refractivity contribution is -0.121. The van der Waals surface area contributed by atoms with Gasteiger partial charge in [-0.2, -0.15) is 0 Å². The number of ether oxygens (including phenoxy) is 1. The van der Waals surface area contributed by atoms with E-state index in [0.717, 1.165) is 42.7 Å². The van der Waals surface area contributed by atoms with Crippen molar-refractivity contribution in [1.29, 1.82) is 0 Å². The second kappa shape index (κ2) is 10.7. The average molecular weight is 410 g/mol. The first-order chi connectivity index (χ1) is 14.6. The van der Waals surface area contributed by atoms with Gasteiger partial charge in [-0.25, -0.2) is 4.79 Å². The summed E-state index contributed by atoms with van der Waals surface area (Å²) in [5.41, 5.74) is 1.84. The smallest absolute Gasteiger partial charge is 0.317 e. The van der Waals surface area contributed by atoms with Crippen LogP contribution in [0.5, 0.6) is 5.75 Å². The van der Waals surface area contributed by atoms with Crippen molar-refractivity contribution in [3.63, 3.8) is 0 Å². The van der Waals surface area contributed by atoms with Gasteiger partial charge in [-0.3, -0.25) is 4.79 Å². The van der Waals surface area contributed by atoms with E-state index in [0.29, 0.717) is 13.1 Å². The van der Waals surface area contributed by atoms with Gasteiger partial charge in [0.05, 0.1) is 19.1 Å². The van der Waals surface area contributed by atoms with Crippen LogP contribution in [0, 0.1) is 5.92 Å². The maximum absolute atomic E-state index is 12.9. The van der Waals surface area contributed by atoms with Gasteiger partial charge in [0.15, 0.2) is 0 Å². The molecular weight excluding hydrogens is 378 g/mol. The molecule has 0 bridgehead atoms. The summed E-state index contributed by atoms with van der Waals surface area (Å²) in [6, 6.07) is 17.2. The van der Waals surface area contributed by atoms with E-state index in [1.807, 2.05) is 47.4 Å².